The smallest absolute Gasteiger partial charge is 0.267 e. The number of likely N-dealkylation sites (N-methyl/N-ethyl adjacent to an activating group) is 1. The van der Waals surface area contributed by atoms with E-state index in [2.05, 4.69) is 5.10 Å². The van der Waals surface area contributed by atoms with Crippen LogP contribution in [0.4, 0.5) is 5.69 Å². The Hall–Kier alpha value is -2.43. The van der Waals surface area contributed by atoms with E-state index in [0.717, 1.165) is 5.69 Å². The highest BCUT2D eigenvalue weighted by Crippen LogP contribution is 2.17. The van der Waals surface area contributed by atoms with Crippen molar-refractivity contribution >= 4 is 11.6 Å². The SMILES string of the molecule is CCN(C(=O)C(C)n1ncccc1=O)c1ccccc1. The van der Waals surface area contributed by atoms with Crippen LogP contribution in [0.1, 0.15) is 19.9 Å². The summed E-state index contributed by atoms with van der Waals surface area (Å²) in [4.78, 5) is 25.9. The second kappa shape index (κ2) is 6.14. The standard InChI is InChI=1S/C15H17N3O2/c1-3-17(13-8-5-4-6-9-13)15(20)12(2)18-14(19)10-7-11-16-18/h4-12H,3H2,1-2H3. The Morgan fingerprint density at radius 3 is 2.55 bits per heavy atom. The predicted molar refractivity (Wildman–Crippen MR) is 77.7 cm³/mol. The summed E-state index contributed by atoms with van der Waals surface area (Å²) in [6, 6.07) is 11.7. The van der Waals surface area contributed by atoms with Crippen LogP contribution in [0.3, 0.4) is 0 Å². The number of para-hydroxylation sites is 1. The average molecular weight is 271 g/mol. The van der Waals surface area contributed by atoms with E-state index in [4.69, 9.17) is 0 Å². The van der Waals surface area contributed by atoms with Crippen LogP contribution >= 0.6 is 0 Å². The molecule has 0 spiro atoms. The fourth-order valence-electron chi connectivity index (χ4n) is 2.06. The van der Waals surface area contributed by atoms with Crippen molar-refractivity contribution in [2.45, 2.75) is 19.9 Å². The molecule has 0 aliphatic heterocycles. The van der Waals surface area contributed by atoms with Crippen molar-refractivity contribution in [3.05, 3.63) is 59.0 Å². The van der Waals surface area contributed by atoms with Gasteiger partial charge in [0.05, 0.1) is 0 Å². The summed E-state index contributed by atoms with van der Waals surface area (Å²) in [6.45, 7) is 4.12. The summed E-state index contributed by atoms with van der Waals surface area (Å²) in [7, 11) is 0. The monoisotopic (exact) mass is 271 g/mol. The Bertz CT molecular complexity index is 637. The molecular formula is C15H17N3O2. The summed E-state index contributed by atoms with van der Waals surface area (Å²) < 4.78 is 1.20. The first-order valence-corrected chi connectivity index (χ1v) is 6.55. The maximum absolute atomic E-state index is 12.6. The molecule has 1 amide bonds. The van der Waals surface area contributed by atoms with E-state index in [0.29, 0.717) is 6.54 Å². The normalized spacial score (nSPS) is 11.9. The number of anilines is 1. The van der Waals surface area contributed by atoms with Gasteiger partial charge in [-0.3, -0.25) is 9.59 Å². The van der Waals surface area contributed by atoms with E-state index in [1.54, 1.807) is 17.9 Å². The maximum Gasteiger partial charge on any atom is 0.267 e. The zero-order valence-corrected chi connectivity index (χ0v) is 11.6. The minimum atomic E-state index is -0.635. The molecule has 0 saturated heterocycles. The van der Waals surface area contributed by atoms with Crippen LogP contribution in [-0.4, -0.2) is 22.2 Å². The summed E-state index contributed by atoms with van der Waals surface area (Å²) in [5, 5.41) is 3.97. The van der Waals surface area contributed by atoms with Crippen molar-refractivity contribution in [2.24, 2.45) is 0 Å². The molecule has 5 nitrogen and oxygen atoms in total. The van der Waals surface area contributed by atoms with Gasteiger partial charge in [-0.1, -0.05) is 18.2 Å². The van der Waals surface area contributed by atoms with Gasteiger partial charge in [-0.15, -0.1) is 0 Å². The van der Waals surface area contributed by atoms with Gasteiger partial charge < -0.3 is 4.90 Å². The van der Waals surface area contributed by atoms with E-state index in [1.807, 2.05) is 37.3 Å². The molecule has 0 aliphatic carbocycles. The summed E-state index contributed by atoms with van der Waals surface area (Å²) in [5.41, 5.74) is 0.535. The topological polar surface area (TPSA) is 55.2 Å². The Kier molecular flexibility index (Phi) is 4.30. The zero-order valence-electron chi connectivity index (χ0n) is 11.6. The molecule has 1 aromatic carbocycles. The number of aromatic nitrogens is 2. The van der Waals surface area contributed by atoms with E-state index in [9.17, 15) is 9.59 Å². The van der Waals surface area contributed by atoms with Crippen molar-refractivity contribution in [2.75, 3.05) is 11.4 Å². The molecule has 20 heavy (non-hydrogen) atoms. The molecule has 0 bridgehead atoms. The lowest BCUT2D eigenvalue weighted by atomic mass is 10.2. The van der Waals surface area contributed by atoms with Crippen LogP contribution in [-0.2, 0) is 4.79 Å². The number of amides is 1. The molecule has 1 heterocycles. The lowest BCUT2D eigenvalue weighted by molar-refractivity contribution is -0.121. The maximum atomic E-state index is 12.6. The van der Waals surface area contributed by atoms with Gasteiger partial charge in [0.1, 0.15) is 6.04 Å². The van der Waals surface area contributed by atoms with Gasteiger partial charge in [0, 0.05) is 24.5 Å². The number of rotatable bonds is 4. The lowest BCUT2D eigenvalue weighted by Crippen LogP contribution is -2.40. The van der Waals surface area contributed by atoms with E-state index >= 15 is 0 Å². The fraction of sp³-hybridized carbons (Fsp3) is 0.267. The van der Waals surface area contributed by atoms with Gasteiger partial charge in [-0.25, -0.2) is 4.68 Å². The van der Waals surface area contributed by atoms with Crippen LogP contribution in [0, 0.1) is 0 Å². The van der Waals surface area contributed by atoms with E-state index in [-0.39, 0.29) is 11.5 Å². The van der Waals surface area contributed by atoms with Crippen LogP contribution in [0.2, 0.25) is 0 Å². The molecule has 5 heteroatoms. The Balaban J connectivity index is 2.30. The highest BCUT2D eigenvalue weighted by Gasteiger charge is 2.23. The number of nitrogens with zero attached hydrogens (tertiary/aromatic N) is 3. The summed E-state index contributed by atoms with van der Waals surface area (Å²) >= 11 is 0. The molecule has 0 fully saturated rings. The van der Waals surface area contributed by atoms with Crippen molar-refractivity contribution in [1.82, 2.24) is 9.78 Å². The Morgan fingerprint density at radius 1 is 1.25 bits per heavy atom. The van der Waals surface area contributed by atoms with Gasteiger partial charge in [0.25, 0.3) is 11.5 Å². The van der Waals surface area contributed by atoms with Crippen molar-refractivity contribution in [3.63, 3.8) is 0 Å². The van der Waals surface area contributed by atoms with Crippen LogP contribution in [0.5, 0.6) is 0 Å². The average Bonchev–Trinajstić information content (AvgIpc) is 2.49. The fourth-order valence-corrected chi connectivity index (χ4v) is 2.06. The van der Waals surface area contributed by atoms with Gasteiger partial charge in [-0.05, 0) is 32.0 Å². The van der Waals surface area contributed by atoms with Crippen molar-refractivity contribution in [1.29, 1.82) is 0 Å². The molecule has 1 atom stereocenters. The number of carbonyl (C=O) groups is 1. The van der Waals surface area contributed by atoms with Crippen LogP contribution in [0.15, 0.2) is 53.5 Å². The Labute approximate surface area is 117 Å². The number of hydrogen-bond acceptors (Lipinski definition) is 3. The van der Waals surface area contributed by atoms with Crippen LogP contribution in [0.25, 0.3) is 0 Å². The van der Waals surface area contributed by atoms with Crippen LogP contribution < -0.4 is 10.5 Å². The van der Waals surface area contributed by atoms with Crippen molar-refractivity contribution in [3.8, 4) is 0 Å². The predicted octanol–water partition coefficient (Wildman–Crippen LogP) is 1.86. The molecule has 104 valence electrons. The summed E-state index contributed by atoms with van der Waals surface area (Å²) in [5.74, 6) is -0.153. The number of benzene rings is 1. The first-order valence-electron chi connectivity index (χ1n) is 6.55. The van der Waals surface area contributed by atoms with Gasteiger partial charge in [-0.2, -0.15) is 5.10 Å². The second-order valence-electron chi connectivity index (χ2n) is 4.40. The molecular weight excluding hydrogens is 254 g/mol. The minimum Gasteiger partial charge on any atom is -0.311 e. The number of carbonyl (C=O) groups excluding carboxylic acids is 1. The highest BCUT2D eigenvalue weighted by atomic mass is 16.2. The zero-order chi connectivity index (χ0) is 14.5. The highest BCUT2D eigenvalue weighted by molar-refractivity contribution is 5.95. The molecule has 0 aliphatic rings. The van der Waals surface area contributed by atoms with Gasteiger partial charge in [0.15, 0.2) is 0 Å². The Morgan fingerprint density at radius 2 is 1.95 bits per heavy atom. The third kappa shape index (κ3) is 2.77. The quantitative estimate of drug-likeness (QED) is 0.853. The third-order valence-electron chi connectivity index (χ3n) is 3.12. The molecule has 1 aromatic heterocycles. The number of hydrogen-bond donors (Lipinski definition) is 0. The minimum absolute atomic E-state index is 0.153. The van der Waals surface area contributed by atoms with Gasteiger partial charge >= 0.3 is 0 Å². The largest absolute Gasteiger partial charge is 0.311 e. The summed E-state index contributed by atoms with van der Waals surface area (Å²) in [6.07, 6.45) is 1.50. The molecule has 1 unspecified atom stereocenters. The molecule has 0 radical (unpaired) electrons. The second-order valence-corrected chi connectivity index (χ2v) is 4.40. The van der Waals surface area contributed by atoms with Crippen molar-refractivity contribution < 1.29 is 4.79 Å². The lowest BCUT2D eigenvalue weighted by Gasteiger charge is -2.24. The molecule has 0 N–H and O–H groups in total. The van der Waals surface area contributed by atoms with E-state index in [1.165, 1.54) is 16.9 Å². The third-order valence-corrected chi connectivity index (χ3v) is 3.12. The first kappa shape index (κ1) is 14.0. The van der Waals surface area contributed by atoms with E-state index < -0.39 is 6.04 Å². The molecule has 2 rings (SSSR count). The first-order chi connectivity index (χ1) is 9.65. The molecule has 0 saturated carbocycles. The molecule has 2 aromatic rings. The van der Waals surface area contributed by atoms with Gasteiger partial charge in [0.2, 0.25) is 0 Å².